The summed E-state index contributed by atoms with van der Waals surface area (Å²) >= 11 is 0. The van der Waals surface area contributed by atoms with E-state index in [2.05, 4.69) is 20.0 Å². The summed E-state index contributed by atoms with van der Waals surface area (Å²) < 4.78 is 0. The van der Waals surface area contributed by atoms with Gasteiger partial charge in [0.1, 0.15) is 0 Å². The molecular weight excluding hydrogens is 452 g/mol. The van der Waals surface area contributed by atoms with Gasteiger partial charge in [0, 0.05) is 17.1 Å². The predicted molar refractivity (Wildman–Crippen MR) is 111 cm³/mol. The normalized spacial score (nSPS) is 20.3. The molecule has 0 aromatic rings. The molecule has 1 radical (unpaired) electrons. The van der Waals surface area contributed by atoms with Gasteiger partial charge in [-0.15, -0.1) is 0 Å². The average molecular weight is 462 g/mol. The first-order valence-electron chi connectivity index (χ1n) is 8.76. The van der Waals surface area contributed by atoms with Crippen molar-refractivity contribution >= 4 is 22.8 Å². The second-order valence-electron chi connectivity index (χ2n) is 6.56. The minimum Gasteiger partial charge on any atom is -0.258 e. The molecule has 0 aliphatic carbocycles. The summed E-state index contributed by atoms with van der Waals surface area (Å²) in [7, 11) is 0. The summed E-state index contributed by atoms with van der Waals surface area (Å²) in [5, 5.41) is 23.2. The van der Waals surface area contributed by atoms with Gasteiger partial charge >= 0.3 is 11.4 Å². The second-order valence-corrected chi connectivity index (χ2v) is 6.56. The van der Waals surface area contributed by atoms with E-state index >= 15 is 0 Å². The predicted octanol–water partition coefficient (Wildman–Crippen LogP) is 2.79. The van der Waals surface area contributed by atoms with Gasteiger partial charge < -0.3 is 0 Å². The van der Waals surface area contributed by atoms with Gasteiger partial charge in [-0.2, -0.15) is 0 Å². The third kappa shape index (κ3) is 3.75. The van der Waals surface area contributed by atoms with Crippen molar-refractivity contribution in [2.45, 2.75) is 0 Å². The van der Waals surface area contributed by atoms with Crippen molar-refractivity contribution in [2.24, 2.45) is 20.0 Å². The monoisotopic (exact) mass is 461 g/mol. The molecule has 0 aromatic heterocycles. The quantitative estimate of drug-likeness (QED) is 0.354. The van der Waals surface area contributed by atoms with Gasteiger partial charge in [-0.1, -0.05) is 0 Å². The van der Waals surface area contributed by atoms with Crippen molar-refractivity contribution in [3.63, 3.8) is 0 Å². The molecule has 0 fully saturated rings. The summed E-state index contributed by atoms with van der Waals surface area (Å²) in [5.74, 6) is 0. The number of hydrogen-bond donors (Lipinski definition) is 0. The third-order valence-corrected chi connectivity index (χ3v) is 4.53. The van der Waals surface area contributed by atoms with Crippen molar-refractivity contribution in [3.8, 4) is 0 Å². The Morgan fingerprint density at radius 2 is 1.03 bits per heavy atom. The Morgan fingerprint density at radius 1 is 0.581 bits per heavy atom. The van der Waals surface area contributed by atoms with E-state index in [1.807, 2.05) is 12.2 Å². The third-order valence-electron chi connectivity index (χ3n) is 4.53. The largest absolute Gasteiger partial charge is 0.373 e. The molecule has 0 N–H and O–H groups in total. The van der Waals surface area contributed by atoms with E-state index in [1.54, 1.807) is 36.5 Å². The minimum absolute atomic E-state index is 0. The number of aliphatic imine (C=N–C) groups is 4. The number of hydrogen-bond acceptors (Lipinski definition) is 8. The number of nitro groups is 2. The van der Waals surface area contributed by atoms with Crippen LogP contribution in [0.5, 0.6) is 0 Å². The van der Waals surface area contributed by atoms with Crippen molar-refractivity contribution in [2.75, 3.05) is 0 Å². The van der Waals surface area contributed by atoms with Gasteiger partial charge in [0.05, 0.1) is 44.1 Å². The van der Waals surface area contributed by atoms with Crippen LogP contribution in [0.1, 0.15) is 0 Å². The Balaban J connectivity index is 0.00000231. The fourth-order valence-corrected chi connectivity index (χ4v) is 3.29. The van der Waals surface area contributed by atoms with E-state index in [9.17, 15) is 20.2 Å². The molecule has 5 aliphatic rings. The van der Waals surface area contributed by atoms with E-state index in [-0.39, 0.29) is 28.5 Å². The zero-order valence-electron chi connectivity index (χ0n) is 15.4. The average Bonchev–Trinajstić information content (AvgIpc) is 3.44. The summed E-state index contributed by atoms with van der Waals surface area (Å²) in [5.41, 5.74) is 1.75. The molecule has 0 spiro atoms. The van der Waals surface area contributed by atoms with Gasteiger partial charge in [-0.05, 0) is 60.8 Å². The van der Waals surface area contributed by atoms with Crippen LogP contribution in [0.3, 0.4) is 0 Å². The van der Waals surface area contributed by atoms with E-state index in [1.165, 1.54) is 12.2 Å². The Bertz CT molecular complexity index is 1330. The Morgan fingerprint density at radius 3 is 1.52 bits per heavy atom. The SMILES string of the molecule is O=[N+]([O-])C1=C([N+](=O)[O-])C2=NC1=CC1=NC(=CC3=NC(=CC4=NC(=C2)C=C4)C=C3)C=C1.[Cu]. The van der Waals surface area contributed by atoms with Gasteiger partial charge in [0.25, 0.3) is 0 Å². The maximum atomic E-state index is 11.6. The molecule has 0 atom stereocenters. The topological polar surface area (TPSA) is 136 Å². The van der Waals surface area contributed by atoms with E-state index in [4.69, 9.17) is 0 Å². The van der Waals surface area contributed by atoms with Crippen LogP contribution < -0.4 is 0 Å². The maximum absolute atomic E-state index is 11.6. The first-order valence-corrected chi connectivity index (χ1v) is 8.76. The molecule has 0 saturated heterocycles. The molecule has 8 bridgehead atoms. The molecule has 0 saturated carbocycles. The van der Waals surface area contributed by atoms with Crippen LogP contribution >= 0.6 is 0 Å². The number of fused-ring (bicyclic) bond motifs is 4. The number of nitrogens with zero attached hydrogens (tertiary/aromatic N) is 6. The molecule has 155 valence electrons. The zero-order chi connectivity index (χ0) is 20.8. The van der Waals surface area contributed by atoms with Crippen LogP contribution in [0.4, 0.5) is 0 Å². The number of allylic oxidation sites excluding steroid dienone is 10. The summed E-state index contributed by atoms with van der Waals surface area (Å²) in [6, 6.07) is 0. The fourth-order valence-electron chi connectivity index (χ4n) is 3.29. The molecular formula is C20H10CuN6O4. The zero-order valence-corrected chi connectivity index (χ0v) is 16.3. The Labute approximate surface area is 185 Å². The molecule has 5 aliphatic heterocycles. The maximum Gasteiger partial charge on any atom is 0.373 e. The van der Waals surface area contributed by atoms with Crippen molar-refractivity contribution in [1.82, 2.24) is 0 Å². The summed E-state index contributed by atoms with van der Waals surface area (Å²) in [4.78, 5) is 39.0. The van der Waals surface area contributed by atoms with Crippen molar-refractivity contribution in [1.29, 1.82) is 0 Å². The summed E-state index contributed by atoms with van der Waals surface area (Å²) in [6.45, 7) is 0. The molecule has 5 heterocycles. The van der Waals surface area contributed by atoms with E-state index in [0.717, 1.165) is 0 Å². The first-order chi connectivity index (χ1) is 14.5. The second kappa shape index (κ2) is 7.63. The molecule has 31 heavy (non-hydrogen) atoms. The first kappa shape index (κ1) is 20.2. The Hall–Kier alpha value is -4.08. The van der Waals surface area contributed by atoms with Gasteiger partial charge in [0.15, 0.2) is 11.4 Å². The minimum atomic E-state index is -0.800. The van der Waals surface area contributed by atoms with E-state index in [0.29, 0.717) is 34.2 Å². The van der Waals surface area contributed by atoms with Crippen LogP contribution in [0.25, 0.3) is 0 Å². The molecule has 0 amide bonds. The van der Waals surface area contributed by atoms with Crippen LogP contribution in [0.2, 0.25) is 0 Å². The van der Waals surface area contributed by atoms with Gasteiger partial charge in [-0.25, -0.2) is 20.0 Å². The molecule has 5 rings (SSSR count). The number of rotatable bonds is 2. The standard InChI is InChI=1S/C20H10N6O4.Cu/c27-25(28)19-17-9-15-5-3-13(22-15)7-11-1-2-12(21-11)8-14-4-6-16(23-14)10-18(24-17)20(19)26(29)30;/h1-10H;. The summed E-state index contributed by atoms with van der Waals surface area (Å²) in [6.07, 6.45) is 16.7. The molecule has 11 heteroatoms. The van der Waals surface area contributed by atoms with Crippen LogP contribution in [-0.2, 0) is 17.1 Å². The fraction of sp³-hybridized carbons (Fsp3) is 0. The molecule has 0 aromatic carbocycles. The van der Waals surface area contributed by atoms with Gasteiger partial charge in [0.2, 0.25) is 0 Å². The Kier molecular flexibility index (Phi) is 4.97. The molecule has 10 nitrogen and oxygen atoms in total. The van der Waals surface area contributed by atoms with Crippen molar-refractivity contribution < 1.29 is 26.9 Å². The van der Waals surface area contributed by atoms with Crippen LogP contribution in [0.15, 0.2) is 115 Å². The van der Waals surface area contributed by atoms with Crippen LogP contribution in [0, 0.1) is 20.2 Å². The smallest absolute Gasteiger partial charge is 0.258 e. The van der Waals surface area contributed by atoms with Crippen LogP contribution in [-0.4, -0.2) is 32.7 Å². The van der Waals surface area contributed by atoms with Crippen molar-refractivity contribution in [3.05, 3.63) is 115 Å². The molecule has 0 unspecified atom stereocenters. The van der Waals surface area contributed by atoms with Gasteiger partial charge in [-0.3, -0.25) is 20.2 Å². The van der Waals surface area contributed by atoms with E-state index < -0.39 is 21.2 Å².